The third-order valence-corrected chi connectivity index (χ3v) is 6.28. The average Bonchev–Trinajstić information content (AvgIpc) is 2.75. The number of carbonyl (C=O) groups is 2. The molecule has 0 heterocycles. The summed E-state index contributed by atoms with van der Waals surface area (Å²) in [5, 5.41) is 2.90. The minimum atomic E-state index is -3.82. The van der Waals surface area contributed by atoms with Crippen LogP contribution in [0, 0.1) is 0 Å². The fourth-order valence-corrected chi connectivity index (χ4v) is 4.23. The zero-order valence-corrected chi connectivity index (χ0v) is 20.1. The van der Waals surface area contributed by atoms with Gasteiger partial charge in [-0.25, -0.2) is 8.42 Å². The number of anilines is 1. The predicted octanol–water partition coefficient (Wildman–Crippen LogP) is 2.67. The van der Waals surface area contributed by atoms with Crippen molar-refractivity contribution in [1.82, 2.24) is 10.2 Å². The quantitative estimate of drug-likeness (QED) is 0.562. The Bertz CT molecular complexity index is 1040. The molecule has 0 saturated carbocycles. The molecule has 2 aromatic rings. The van der Waals surface area contributed by atoms with Crippen LogP contribution in [0.4, 0.5) is 5.69 Å². The molecule has 0 bridgehead atoms. The summed E-state index contributed by atoms with van der Waals surface area (Å²) >= 11 is 6.19. The number of likely N-dealkylation sites (N-methyl/N-ethyl adjacent to an activating group) is 1. The van der Waals surface area contributed by atoms with E-state index in [0.29, 0.717) is 12.3 Å². The van der Waals surface area contributed by atoms with Crippen molar-refractivity contribution in [1.29, 1.82) is 0 Å². The Morgan fingerprint density at radius 3 is 2.28 bits per heavy atom. The maximum absolute atomic E-state index is 13.3. The number of amides is 2. The molecule has 1 atom stereocenters. The lowest BCUT2D eigenvalue weighted by molar-refractivity contribution is -0.139. The van der Waals surface area contributed by atoms with Crippen molar-refractivity contribution in [2.45, 2.75) is 26.4 Å². The first-order valence-corrected chi connectivity index (χ1v) is 12.2. The molecule has 1 N–H and O–H groups in total. The molecule has 2 amide bonds. The van der Waals surface area contributed by atoms with Gasteiger partial charge in [-0.15, -0.1) is 0 Å². The number of halogens is 1. The summed E-state index contributed by atoms with van der Waals surface area (Å²) in [5.41, 5.74) is 0.957. The molecular formula is C22H28ClN3O5S. The van der Waals surface area contributed by atoms with Gasteiger partial charge in [0.15, 0.2) is 0 Å². The average molecular weight is 482 g/mol. The van der Waals surface area contributed by atoms with Gasteiger partial charge in [-0.05, 0) is 43.7 Å². The van der Waals surface area contributed by atoms with E-state index in [-0.39, 0.29) is 23.2 Å². The second-order valence-corrected chi connectivity index (χ2v) is 9.48. The Kier molecular flexibility index (Phi) is 8.91. The Labute approximate surface area is 194 Å². The number of nitrogens with one attached hydrogen (secondary N) is 1. The molecule has 0 unspecified atom stereocenters. The monoisotopic (exact) mass is 481 g/mol. The van der Waals surface area contributed by atoms with Crippen LogP contribution in [0.5, 0.6) is 5.75 Å². The fourth-order valence-electron chi connectivity index (χ4n) is 3.08. The highest BCUT2D eigenvalue weighted by Crippen LogP contribution is 2.27. The highest BCUT2D eigenvalue weighted by atomic mass is 35.5. The number of methoxy groups -OCH3 is 1. The van der Waals surface area contributed by atoms with Gasteiger partial charge in [-0.2, -0.15) is 0 Å². The van der Waals surface area contributed by atoms with Crippen LogP contribution in [0.3, 0.4) is 0 Å². The minimum absolute atomic E-state index is 0.112. The van der Waals surface area contributed by atoms with Crippen molar-refractivity contribution in [2.24, 2.45) is 0 Å². The van der Waals surface area contributed by atoms with Gasteiger partial charge in [-0.3, -0.25) is 13.9 Å². The molecule has 8 nitrogen and oxygen atoms in total. The van der Waals surface area contributed by atoms with Gasteiger partial charge in [-0.1, -0.05) is 35.9 Å². The zero-order valence-electron chi connectivity index (χ0n) is 18.5. The Hall–Kier alpha value is -2.78. The van der Waals surface area contributed by atoms with Crippen LogP contribution >= 0.6 is 11.6 Å². The lowest BCUT2D eigenvalue weighted by atomic mass is 10.1. The van der Waals surface area contributed by atoms with Gasteiger partial charge in [0.25, 0.3) is 0 Å². The van der Waals surface area contributed by atoms with Crippen LogP contribution < -0.4 is 14.4 Å². The van der Waals surface area contributed by atoms with Crippen molar-refractivity contribution >= 4 is 39.1 Å². The van der Waals surface area contributed by atoms with Gasteiger partial charge in [0.1, 0.15) is 18.3 Å². The standard InChI is InChI=1S/C22H28ClN3O5S/c1-5-24-22(28)16(2)25(14-17-10-12-18(31-3)13-11-17)21(27)15-26(32(4,29)30)20-9-7-6-8-19(20)23/h6-13,16H,5,14-15H2,1-4H3,(H,24,28)/t16-/m0/s1. The van der Waals surface area contributed by atoms with E-state index >= 15 is 0 Å². The van der Waals surface area contributed by atoms with Gasteiger partial charge < -0.3 is 15.0 Å². The third kappa shape index (κ3) is 6.61. The first kappa shape index (κ1) is 25.5. The first-order valence-electron chi connectivity index (χ1n) is 10.0. The van der Waals surface area contributed by atoms with E-state index < -0.39 is 28.5 Å². The molecule has 0 aliphatic rings. The summed E-state index contributed by atoms with van der Waals surface area (Å²) in [6, 6.07) is 12.6. The number of carbonyl (C=O) groups excluding carboxylic acids is 2. The number of nitrogens with zero attached hydrogens (tertiary/aromatic N) is 2. The van der Waals surface area contributed by atoms with E-state index in [4.69, 9.17) is 16.3 Å². The van der Waals surface area contributed by atoms with Crippen LogP contribution in [0.25, 0.3) is 0 Å². The molecule has 174 valence electrons. The topological polar surface area (TPSA) is 96.0 Å². The minimum Gasteiger partial charge on any atom is -0.497 e. The lowest BCUT2D eigenvalue weighted by Crippen LogP contribution is -2.51. The molecule has 0 radical (unpaired) electrons. The SMILES string of the molecule is CCNC(=O)[C@H](C)N(Cc1ccc(OC)cc1)C(=O)CN(c1ccccc1Cl)S(C)(=O)=O. The number of sulfonamides is 1. The van der Waals surface area contributed by atoms with Crippen molar-refractivity contribution in [3.8, 4) is 5.75 Å². The Morgan fingerprint density at radius 1 is 1.12 bits per heavy atom. The number of rotatable bonds is 10. The van der Waals surface area contributed by atoms with Gasteiger partial charge >= 0.3 is 0 Å². The molecular weight excluding hydrogens is 454 g/mol. The van der Waals surface area contributed by atoms with Crippen molar-refractivity contribution < 1.29 is 22.7 Å². The normalized spacial score (nSPS) is 12.0. The molecule has 2 rings (SSSR count). The molecule has 10 heteroatoms. The predicted molar refractivity (Wildman–Crippen MR) is 125 cm³/mol. The van der Waals surface area contributed by atoms with Crippen LogP contribution in [0.15, 0.2) is 48.5 Å². The maximum atomic E-state index is 13.3. The Morgan fingerprint density at radius 2 is 1.75 bits per heavy atom. The molecule has 0 aromatic heterocycles. The van der Waals surface area contributed by atoms with Crippen LogP contribution in [-0.4, -0.2) is 57.6 Å². The highest BCUT2D eigenvalue weighted by molar-refractivity contribution is 7.92. The van der Waals surface area contributed by atoms with Crippen LogP contribution in [0.2, 0.25) is 5.02 Å². The first-order chi connectivity index (χ1) is 15.1. The largest absolute Gasteiger partial charge is 0.497 e. The number of para-hydroxylation sites is 1. The summed E-state index contributed by atoms with van der Waals surface area (Å²) in [7, 11) is -2.27. The van der Waals surface area contributed by atoms with Gasteiger partial charge in [0.2, 0.25) is 21.8 Å². The summed E-state index contributed by atoms with van der Waals surface area (Å²) in [5.74, 6) is -0.215. The van der Waals surface area contributed by atoms with Crippen LogP contribution in [-0.2, 0) is 26.2 Å². The van der Waals surface area contributed by atoms with E-state index in [1.54, 1.807) is 63.4 Å². The molecule has 0 aliphatic heterocycles. The molecule has 0 aliphatic carbocycles. The summed E-state index contributed by atoms with van der Waals surface area (Å²) in [6.45, 7) is 3.41. The molecule has 0 saturated heterocycles. The van der Waals surface area contributed by atoms with Gasteiger partial charge in [0.05, 0.1) is 24.1 Å². The van der Waals surface area contributed by atoms with Crippen molar-refractivity contribution in [3.63, 3.8) is 0 Å². The number of hydrogen-bond donors (Lipinski definition) is 1. The molecule has 32 heavy (non-hydrogen) atoms. The lowest BCUT2D eigenvalue weighted by Gasteiger charge is -2.31. The van der Waals surface area contributed by atoms with Crippen LogP contribution in [0.1, 0.15) is 19.4 Å². The zero-order chi connectivity index (χ0) is 23.9. The van der Waals surface area contributed by atoms with E-state index in [1.165, 1.54) is 11.0 Å². The second kappa shape index (κ2) is 11.2. The van der Waals surface area contributed by atoms with E-state index in [2.05, 4.69) is 5.32 Å². The van der Waals surface area contributed by atoms with Crippen molar-refractivity contribution in [3.05, 3.63) is 59.1 Å². The summed E-state index contributed by atoms with van der Waals surface area (Å²) < 4.78 is 31.1. The summed E-state index contributed by atoms with van der Waals surface area (Å²) in [4.78, 5) is 27.2. The summed E-state index contributed by atoms with van der Waals surface area (Å²) in [6.07, 6.45) is 1.00. The molecule has 2 aromatic carbocycles. The number of ether oxygens (including phenoxy) is 1. The van der Waals surface area contributed by atoms with E-state index in [0.717, 1.165) is 16.1 Å². The molecule has 0 spiro atoms. The highest BCUT2D eigenvalue weighted by Gasteiger charge is 2.30. The number of hydrogen-bond acceptors (Lipinski definition) is 5. The molecule has 0 fully saturated rings. The van der Waals surface area contributed by atoms with E-state index in [9.17, 15) is 18.0 Å². The Balaban J connectivity index is 2.38. The van der Waals surface area contributed by atoms with E-state index in [1.807, 2.05) is 0 Å². The van der Waals surface area contributed by atoms with Crippen molar-refractivity contribution in [2.75, 3.05) is 30.8 Å². The fraction of sp³-hybridized carbons (Fsp3) is 0.364. The third-order valence-electron chi connectivity index (χ3n) is 4.83. The maximum Gasteiger partial charge on any atom is 0.244 e. The van der Waals surface area contributed by atoms with Gasteiger partial charge in [0, 0.05) is 13.1 Å². The number of benzene rings is 2. The smallest absolute Gasteiger partial charge is 0.244 e. The second-order valence-electron chi connectivity index (χ2n) is 7.16.